The van der Waals surface area contributed by atoms with E-state index in [2.05, 4.69) is 15.9 Å². The van der Waals surface area contributed by atoms with E-state index in [1.807, 2.05) is 98.8 Å². The number of hydrogen-bond donors (Lipinski definition) is 0. The van der Waals surface area contributed by atoms with Crippen molar-refractivity contribution in [1.82, 2.24) is 0 Å². The number of rotatable bonds is 6. The molecule has 0 fully saturated rings. The summed E-state index contributed by atoms with van der Waals surface area (Å²) in [5.41, 5.74) is 4.81. The second-order valence-electron chi connectivity index (χ2n) is 9.85. The molecule has 0 N–H and O–H groups in total. The van der Waals surface area contributed by atoms with E-state index in [9.17, 15) is 9.59 Å². The molecule has 0 saturated carbocycles. The average molecular weight is 596 g/mol. The van der Waals surface area contributed by atoms with Crippen molar-refractivity contribution < 1.29 is 18.7 Å². The lowest BCUT2D eigenvalue weighted by Crippen LogP contribution is -2.29. The largest absolute Gasteiger partial charge is 0.493 e. The van der Waals surface area contributed by atoms with Gasteiger partial charge in [-0.25, -0.2) is 0 Å². The van der Waals surface area contributed by atoms with Crippen LogP contribution in [-0.4, -0.2) is 13.0 Å². The highest BCUT2D eigenvalue weighted by atomic mass is 79.9. The predicted molar refractivity (Wildman–Crippen MR) is 159 cm³/mol. The number of anilines is 1. The van der Waals surface area contributed by atoms with Crippen molar-refractivity contribution in [3.63, 3.8) is 0 Å². The van der Waals surface area contributed by atoms with E-state index in [1.54, 1.807) is 12.0 Å². The first-order valence-electron chi connectivity index (χ1n) is 12.9. The Hall–Kier alpha value is -4.36. The third-order valence-corrected chi connectivity index (χ3v) is 7.81. The summed E-state index contributed by atoms with van der Waals surface area (Å²) in [6.07, 6.45) is 0. The fraction of sp³-hybridized carbons (Fsp3) is 0.152. The summed E-state index contributed by atoms with van der Waals surface area (Å²) >= 11 is 3.52. The maximum absolute atomic E-state index is 14.0. The molecule has 1 aromatic heterocycles. The summed E-state index contributed by atoms with van der Waals surface area (Å²) in [5, 5.41) is 0.450. The Bertz CT molecular complexity index is 1830. The van der Waals surface area contributed by atoms with Gasteiger partial charge in [0.15, 0.2) is 16.9 Å². The van der Waals surface area contributed by atoms with Crippen molar-refractivity contribution in [3.05, 3.63) is 133 Å². The summed E-state index contributed by atoms with van der Waals surface area (Å²) in [7, 11) is 1.57. The van der Waals surface area contributed by atoms with Gasteiger partial charge in [0.25, 0.3) is 5.91 Å². The number of carbonyl (C=O) groups is 1. The molecule has 0 spiro atoms. The second-order valence-corrected chi connectivity index (χ2v) is 10.8. The van der Waals surface area contributed by atoms with Gasteiger partial charge in [0.05, 0.1) is 24.1 Å². The van der Waals surface area contributed by atoms with Crippen LogP contribution in [0.1, 0.15) is 44.4 Å². The van der Waals surface area contributed by atoms with E-state index in [4.69, 9.17) is 13.9 Å². The third kappa shape index (κ3) is 4.46. The minimum atomic E-state index is -0.726. The normalized spacial score (nSPS) is 14.4. The number of ether oxygens (including phenoxy) is 2. The number of fused-ring (bicyclic) bond motifs is 2. The molecule has 1 aliphatic rings. The molecule has 0 saturated heterocycles. The number of nitrogens with zero attached hydrogens (tertiary/aromatic N) is 1. The Labute approximate surface area is 239 Å². The first-order valence-corrected chi connectivity index (χ1v) is 13.7. The number of amides is 1. The minimum Gasteiger partial charge on any atom is -0.493 e. The van der Waals surface area contributed by atoms with Crippen LogP contribution in [0.15, 0.2) is 98.6 Å². The van der Waals surface area contributed by atoms with Crippen LogP contribution in [0.2, 0.25) is 0 Å². The number of hydrogen-bond acceptors (Lipinski definition) is 5. The molecule has 4 aromatic carbocycles. The summed E-state index contributed by atoms with van der Waals surface area (Å²) in [6, 6.07) is 25.7. The molecule has 1 atom stereocenters. The van der Waals surface area contributed by atoms with Crippen molar-refractivity contribution in [1.29, 1.82) is 0 Å². The van der Waals surface area contributed by atoms with Gasteiger partial charge in [-0.15, -0.1) is 0 Å². The molecule has 7 heteroatoms. The Balaban J connectivity index is 1.51. The molecule has 1 amide bonds. The SMILES string of the molecule is COc1cc(C2c3c(oc4cc(C)c(C)cc4c3=O)C(=O)N2c2cccc(Br)c2)ccc1OCc1ccccc1. The Kier molecular flexibility index (Phi) is 6.68. The van der Waals surface area contributed by atoms with Gasteiger partial charge >= 0.3 is 0 Å². The Morgan fingerprint density at radius 2 is 1.65 bits per heavy atom. The zero-order chi connectivity index (χ0) is 28.0. The van der Waals surface area contributed by atoms with E-state index < -0.39 is 6.04 Å². The van der Waals surface area contributed by atoms with Crippen LogP contribution < -0.4 is 19.8 Å². The number of carbonyl (C=O) groups excluding carboxylic acids is 1. The summed E-state index contributed by atoms with van der Waals surface area (Å²) in [6.45, 7) is 4.28. The third-order valence-electron chi connectivity index (χ3n) is 7.31. The van der Waals surface area contributed by atoms with E-state index in [-0.39, 0.29) is 17.1 Å². The predicted octanol–water partition coefficient (Wildman–Crippen LogP) is 7.51. The van der Waals surface area contributed by atoms with E-state index in [0.717, 1.165) is 21.2 Å². The molecule has 2 heterocycles. The van der Waals surface area contributed by atoms with Gasteiger partial charge in [0.1, 0.15) is 12.2 Å². The standard InChI is InChI=1S/C33H26BrNO5/c1-19-14-25-27(15-20(19)2)40-32-29(31(25)36)30(35(33(32)37)24-11-7-10-23(34)17-24)22-12-13-26(28(16-22)38-3)39-18-21-8-5-4-6-9-21/h4-17,30H,18H2,1-3H3. The molecule has 200 valence electrons. The van der Waals surface area contributed by atoms with Crippen LogP contribution in [0.25, 0.3) is 11.0 Å². The molecule has 0 bridgehead atoms. The lowest BCUT2D eigenvalue weighted by atomic mass is 9.97. The van der Waals surface area contributed by atoms with Crippen LogP contribution in [-0.2, 0) is 6.61 Å². The summed E-state index contributed by atoms with van der Waals surface area (Å²) < 4.78 is 18.8. The fourth-order valence-corrected chi connectivity index (χ4v) is 5.53. The van der Waals surface area contributed by atoms with Gasteiger partial charge < -0.3 is 13.9 Å². The zero-order valence-corrected chi connectivity index (χ0v) is 23.8. The van der Waals surface area contributed by atoms with Gasteiger partial charge in [0, 0.05) is 10.2 Å². The number of aryl methyl sites for hydroxylation is 2. The smallest absolute Gasteiger partial charge is 0.295 e. The van der Waals surface area contributed by atoms with E-state index in [1.165, 1.54) is 0 Å². The fourth-order valence-electron chi connectivity index (χ4n) is 5.14. The average Bonchev–Trinajstić information content (AvgIpc) is 3.25. The van der Waals surface area contributed by atoms with Crippen molar-refractivity contribution in [2.45, 2.75) is 26.5 Å². The molecular weight excluding hydrogens is 570 g/mol. The summed E-state index contributed by atoms with van der Waals surface area (Å²) in [4.78, 5) is 29.6. The van der Waals surface area contributed by atoms with Crippen molar-refractivity contribution in [2.75, 3.05) is 12.0 Å². The topological polar surface area (TPSA) is 69.0 Å². The monoisotopic (exact) mass is 595 g/mol. The molecule has 6 rings (SSSR count). The maximum atomic E-state index is 14.0. The first-order chi connectivity index (χ1) is 19.4. The quantitative estimate of drug-likeness (QED) is 0.203. The Morgan fingerprint density at radius 3 is 2.40 bits per heavy atom. The van der Waals surface area contributed by atoms with Crippen molar-refractivity contribution >= 4 is 38.5 Å². The van der Waals surface area contributed by atoms with Gasteiger partial charge in [-0.05, 0) is 78.6 Å². The highest BCUT2D eigenvalue weighted by molar-refractivity contribution is 9.10. The molecule has 0 radical (unpaired) electrons. The van der Waals surface area contributed by atoms with Gasteiger partial charge in [-0.1, -0.05) is 58.4 Å². The van der Waals surface area contributed by atoms with Gasteiger partial charge in [-0.3, -0.25) is 14.5 Å². The molecule has 5 aromatic rings. The second kappa shape index (κ2) is 10.3. The molecule has 0 aliphatic carbocycles. The minimum absolute atomic E-state index is 0.0501. The number of methoxy groups -OCH3 is 1. The molecular formula is C33H26BrNO5. The van der Waals surface area contributed by atoms with Crippen LogP contribution in [0, 0.1) is 13.8 Å². The zero-order valence-electron chi connectivity index (χ0n) is 22.2. The van der Waals surface area contributed by atoms with Crippen LogP contribution in [0.4, 0.5) is 5.69 Å². The van der Waals surface area contributed by atoms with E-state index in [0.29, 0.717) is 45.9 Å². The first kappa shape index (κ1) is 25.9. The highest BCUT2D eigenvalue weighted by Crippen LogP contribution is 2.44. The van der Waals surface area contributed by atoms with Crippen LogP contribution in [0.3, 0.4) is 0 Å². The Morgan fingerprint density at radius 1 is 0.875 bits per heavy atom. The lowest BCUT2D eigenvalue weighted by molar-refractivity contribution is 0.0971. The number of benzene rings is 4. The number of halogens is 1. The summed E-state index contributed by atoms with van der Waals surface area (Å²) in [5.74, 6) is 0.735. The van der Waals surface area contributed by atoms with Gasteiger partial charge in [-0.2, -0.15) is 0 Å². The molecule has 1 aliphatic heterocycles. The van der Waals surface area contributed by atoms with Gasteiger partial charge in [0.2, 0.25) is 5.76 Å². The van der Waals surface area contributed by atoms with E-state index >= 15 is 0 Å². The highest BCUT2D eigenvalue weighted by Gasteiger charge is 2.44. The lowest BCUT2D eigenvalue weighted by Gasteiger charge is -2.26. The van der Waals surface area contributed by atoms with Crippen molar-refractivity contribution in [3.8, 4) is 11.5 Å². The maximum Gasteiger partial charge on any atom is 0.295 e. The molecule has 6 nitrogen and oxygen atoms in total. The van der Waals surface area contributed by atoms with Crippen LogP contribution in [0.5, 0.6) is 11.5 Å². The van der Waals surface area contributed by atoms with Crippen LogP contribution >= 0.6 is 15.9 Å². The molecule has 1 unspecified atom stereocenters. The van der Waals surface area contributed by atoms with Crippen molar-refractivity contribution in [2.24, 2.45) is 0 Å². The molecule has 40 heavy (non-hydrogen) atoms.